The number of esters is 1. The molecule has 1 fully saturated rings. The lowest BCUT2D eigenvalue weighted by Gasteiger charge is -2.11. The number of hydrogen-bond acceptors (Lipinski definition) is 7. The number of Topliss-reactive ketones (excluding diaryl/α,β-unsaturated/α-hetero) is 1. The second kappa shape index (κ2) is 8.50. The molecule has 2 N–H and O–H groups in total. The number of nitrogens with zero attached hydrogens (tertiary/aromatic N) is 2. The van der Waals surface area contributed by atoms with Gasteiger partial charge in [0.1, 0.15) is 0 Å². The molecular formula is C22H24N4O4S. The summed E-state index contributed by atoms with van der Waals surface area (Å²) in [6.45, 7) is 5.13. The largest absolute Gasteiger partial charge is 0.465 e. The first-order valence-electron chi connectivity index (χ1n) is 10.1. The molecule has 3 aromatic rings. The van der Waals surface area contributed by atoms with Crippen molar-refractivity contribution in [2.24, 2.45) is 0 Å². The Labute approximate surface area is 183 Å². The van der Waals surface area contributed by atoms with Crippen LogP contribution in [0.25, 0.3) is 10.2 Å². The zero-order valence-corrected chi connectivity index (χ0v) is 18.5. The van der Waals surface area contributed by atoms with Crippen LogP contribution < -0.4 is 10.2 Å². The summed E-state index contributed by atoms with van der Waals surface area (Å²) in [7, 11) is 1.27. The zero-order chi connectivity index (χ0) is 22.1. The van der Waals surface area contributed by atoms with E-state index in [1.807, 2.05) is 18.2 Å². The van der Waals surface area contributed by atoms with Crippen molar-refractivity contribution in [1.82, 2.24) is 9.97 Å². The number of fused-ring (bicyclic) bond motifs is 1. The second-order valence-corrected chi connectivity index (χ2v) is 8.63. The van der Waals surface area contributed by atoms with Gasteiger partial charge in [-0.2, -0.15) is 0 Å². The first kappa shape index (κ1) is 21.0. The summed E-state index contributed by atoms with van der Waals surface area (Å²) in [5.41, 5.74) is 2.96. The summed E-state index contributed by atoms with van der Waals surface area (Å²) in [6, 6.07) is 5.62. The quantitative estimate of drug-likeness (QED) is 0.447. The minimum atomic E-state index is -0.579. The van der Waals surface area contributed by atoms with E-state index in [0.717, 1.165) is 28.4 Å². The van der Waals surface area contributed by atoms with Crippen molar-refractivity contribution in [1.29, 1.82) is 0 Å². The molecule has 4 rings (SSSR count). The van der Waals surface area contributed by atoms with Gasteiger partial charge in [0.25, 0.3) is 0 Å². The Hall–Kier alpha value is -3.20. The first-order valence-corrected chi connectivity index (χ1v) is 10.9. The number of aromatic nitrogens is 2. The van der Waals surface area contributed by atoms with Crippen molar-refractivity contribution < 1.29 is 19.1 Å². The van der Waals surface area contributed by atoms with Crippen LogP contribution in [0, 0.1) is 6.92 Å². The number of thiazole rings is 1. The highest BCUT2D eigenvalue weighted by molar-refractivity contribution is 7.22. The topological polar surface area (TPSA) is 104 Å². The Balaban J connectivity index is 1.53. The summed E-state index contributed by atoms with van der Waals surface area (Å²) < 4.78 is 5.84. The van der Waals surface area contributed by atoms with Crippen molar-refractivity contribution in [3.63, 3.8) is 0 Å². The number of ketones is 1. The zero-order valence-electron chi connectivity index (χ0n) is 17.7. The number of anilines is 2. The highest BCUT2D eigenvalue weighted by Crippen LogP contribution is 2.32. The maximum atomic E-state index is 12.7. The first-order chi connectivity index (χ1) is 14.9. The molecule has 0 atom stereocenters. The van der Waals surface area contributed by atoms with Crippen LogP contribution in [0.2, 0.25) is 0 Å². The fraction of sp³-hybridized carbons (Fsp3) is 0.364. The van der Waals surface area contributed by atoms with Crippen LogP contribution in [0.5, 0.6) is 0 Å². The molecule has 1 aromatic carbocycles. The van der Waals surface area contributed by atoms with Gasteiger partial charge in [-0.25, -0.2) is 9.78 Å². The Morgan fingerprint density at radius 1 is 1.26 bits per heavy atom. The molecule has 1 aliphatic heterocycles. The summed E-state index contributed by atoms with van der Waals surface area (Å²) in [5, 5.41) is 3.88. The van der Waals surface area contributed by atoms with E-state index < -0.39 is 5.97 Å². The molecule has 0 aliphatic carbocycles. The maximum Gasteiger partial charge on any atom is 0.339 e. The number of nitrogens with one attached hydrogen (secondary N) is 2. The van der Waals surface area contributed by atoms with Crippen LogP contribution in [0.1, 0.15) is 51.9 Å². The number of ether oxygens (including phenoxy) is 1. The van der Waals surface area contributed by atoms with Crippen LogP contribution in [0.4, 0.5) is 10.8 Å². The number of methoxy groups -OCH3 is 1. The number of hydrogen-bond donors (Lipinski definition) is 2. The predicted molar refractivity (Wildman–Crippen MR) is 120 cm³/mol. The van der Waals surface area contributed by atoms with Crippen LogP contribution in [0.3, 0.4) is 0 Å². The van der Waals surface area contributed by atoms with Crippen molar-refractivity contribution in [3.8, 4) is 0 Å². The van der Waals surface area contributed by atoms with E-state index in [1.54, 1.807) is 18.3 Å². The standard InChI is InChI=1S/C22H24N4O4S/c1-12-19(21(29)30-3)16(24-20(12)13(2)27)11-18(28)23-14-6-7-15-17(10-14)31-22(25-15)26-8-4-5-9-26/h6-7,10,24H,4-5,8-9,11H2,1-3H3,(H,23,28). The smallest absolute Gasteiger partial charge is 0.339 e. The van der Waals surface area contributed by atoms with Crippen LogP contribution in [-0.4, -0.2) is 47.8 Å². The molecule has 1 saturated heterocycles. The molecule has 1 amide bonds. The molecule has 0 bridgehead atoms. The van der Waals surface area contributed by atoms with E-state index in [-0.39, 0.29) is 23.7 Å². The van der Waals surface area contributed by atoms with Gasteiger partial charge >= 0.3 is 5.97 Å². The lowest BCUT2D eigenvalue weighted by Crippen LogP contribution is -2.17. The third-order valence-electron chi connectivity index (χ3n) is 5.44. The minimum absolute atomic E-state index is 0.0850. The number of carbonyl (C=O) groups is 3. The van der Waals surface area contributed by atoms with Gasteiger partial charge in [0.15, 0.2) is 10.9 Å². The normalized spacial score (nSPS) is 13.6. The fourth-order valence-corrected chi connectivity index (χ4v) is 4.98. The van der Waals surface area contributed by atoms with E-state index in [9.17, 15) is 14.4 Å². The number of carbonyl (C=O) groups excluding carboxylic acids is 3. The average Bonchev–Trinajstić information content (AvgIpc) is 3.45. The monoisotopic (exact) mass is 440 g/mol. The molecule has 31 heavy (non-hydrogen) atoms. The van der Waals surface area contributed by atoms with E-state index in [0.29, 0.717) is 22.6 Å². The van der Waals surface area contributed by atoms with E-state index in [4.69, 9.17) is 9.72 Å². The number of aromatic amines is 1. The molecule has 162 valence electrons. The lowest BCUT2D eigenvalue weighted by atomic mass is 10.1. The Bertz CT molecular complexity index is 1170. The second-order valence-electron chi connectivity index (χ2n) is 7.62. The summed E-state index contributed by atoms with van der Waals surface area (Å²) in [5.74, 6) is -1.09. The fourth-order valence-electron chi connectivity index (χ4n) is 3.92. The molecule has 0 radical (unpaired) electrons. The summed E-state index contributed by atoms with van der Waals surface area (Å²) >= 11 is 1.62. The van der Waals surface area contributed by atoms with Crippen molar-refractivity contribution >= 4 is 50.0 Å². The van der Waals surface area contributed by atoms with Crippen molar-refractivity contribution in [2.45, 2.75) is 33.1 Å². The molecule has 0 unspecified atom stereocenters. The summed E-state index contributed by atoms with van der Waals surface area (Å²) in [6.07, 6.45) is 2.29. The Kier molecular flexibility index (Phi) is 5.77. The number of amides is 1. The van der Waals surface area contributed by atoms with Crippen LogP contribution >= 0.6 is 11.3 Å². The molecule has 3 heterocycles. The van der Waals surface area contributed by atoms with E-state index in [2.05, 4.69) is 15.2 Å². The Morgan fingerprint density at radius 2 is 2.00 bits per heavy atom. The highest BCUT2D eigenvalue weighted by atomic mass is 32.1. The molecule has 0 saturated carbocycles. The molecule has 0 spiro atoms. The van der Waals surface area contributed by atoms with Gasteiger partial charge in [0, 0.05) is 31.4 Å². The molecular weight excluding hydrogens is 416 g/mol. The molecule has 1 aliphatic rings. The maximum absolute atomic E-state index is 12.7. The van der Waals surface area contributed by atoms with Gasteiger partial charge in [0.2, 0.25) is 5.91 Å². The SMILES string of the molecule is COC(=O)c1c(CC(=O)Nc2ccc3nc(N4CCCC4)sc3c2)[nH]c(C(C)=O)c1C. The third kappa shape index (κ3) is 4.18. The van der Waals surface area contributed by atoms with Gasteiger partial charge in [-0.3, -0.25) is 9.59 Å². The molecule has 9 heteroatoms. The van der Waals surface area contributed by atoms with Crippen molar-refractivity contribution in [3.05, 3.63) is 40.7 Å². The molecule has 8 nitrogen and oxygen atoms in total. The highest BCUT2D eigenvalue weighted by Gasteiger charge is 2.24. The van der Waals surface area contributed by atoms with Gasteiger partial charge in [0.05, 0.1) is 35.0 Å². The van der Waals surface area contributed by atoms with Crippen LogP contribution in [-0.2, 0) is 16.0 Å². The van der Waals surface area contributed by atoms with Gasteiger partial charge in [-0.05, 0) is 43.5 Å². The number of rotatable bonds is 6. The minimum Gasteiger partial charge on any atom is -0.465 e. The van der Waals surface area contributed by atoms with Crippen molar-refractivity contribution in [2.75, 3.05) is 30.4 Å². The third-order valence-corrected chi connectivity index (χ3v) is 6.52. The van der Waals surface area contributed by atoms with E-state index in [1.165, 1.54) is 26.9 Å². The Morgan fingerprint density at radius 3 is 2.68 bits per heavy atom. The van der Waals surface area contributed by atoms with Gasteiger partial charge < -0.3 is 19.9 Å². The summed E-state index contributed by atoms with van der Waals surface area (Å²) in [4.78, 5) is 46.6. The number of benzene rings is 1. The van der Waals surface area contributed by atoms with Gasteiger partial charge in [-0.15, -0.1) is 0 Å². The van der Waals surface area contributed by atoms with Crippen LogP contribution in [0.15, 0.2) is 18.2 Å². The van der Waals surface area contributed by atoms with Gasteiger partial charge in [-0.1, -0.05) is 11.3 Å². The van der Waals surface area contributed by atoms with E-state index >= 15 is 0 Å². The molecule has 2 aromatic heterocycles. The predicted octanol–water partition coefficient (Wildman–Crippen LogP) is 3.70. The average molecular weight is 441 g/mol. The number of H-pyrrole nitrogens is 1. The lowest BCUT2D eigenvalue weighted by molar-refractivity contribution is -0.115.